The molecule has 0 aliphatic carbocycles. The number of nitrogens with zero attached hydrogens (tertiary/aromatic N) is 1. The van der Waals surface area contributed by atoms with Crippen LogP contribution in [0.5, 0.6) is 0 Å². The normalized spacial score (nSPS) is 16.2. The number of hydrogen-bond acceptors (Lipinski definition) is 5. The molecule has 2 heterocycles. The van der Waals surface area contributed by atoms with E-state index in [0.717, 1.165) is 9.99 Å². The number of aryl methyl sites for hydroxylation is 1. The maximum Gasteiger partial charge on any atom is 0.266 e. The summed E-state index contributed by atoms with van der Waals surface area (Å²) in [6.07, 6.45) is 3.40. The van der Waals surface area contributed by atoms with E-state index in [1.807, 2.05) is 12.1 Å². The molecule has 1 aromatic heterocycles. The van der Waals surface area contributed by atoms with E-state index >= 15 is 0 Å². The lowest BCUT2D eigenvalue weighted by Gasteiger charge is -2.10. The summed E-state index contributed by atoms with van der Waals surface area (Å²) < 4.78 is 6.35. The Hall–Kier alpha value is -1.76. The van der Waals surface area contributed by atoms with Gasteiger partial charge in [0.25, 0.3) is 5.91 Å². The molecule has 1 amide bonds. The quantitative estimate of drug-likeness (QED) is 0.412. The molecule has 0 spiro atoms. The molecule has 0 atom stereocenters. The van der Waals surface area contributed by atoms with E-state index in [1.165, 1.54) is 22.2 Å². The fourth-order valence-corrected chi connectivity index (χ4v) is 4.14. The van der Waals surface area contributed by atoms with Crippen molar-refractivity contribution in [2.75, 3.05) is 6.54 Å². The summed E-state index contributed by atoms with van der Waals surface area (Å²) in [5.41, 5.74) is 1.22. The van der Waals surface area contributed by atoms with Gasteiger partial charge in [-0.25, -0.2) is 0 Å². The van der Waals surface area contributed by atoms with Crippen LogP contribution in [0.4, 0.5) is 0 Å². The van der Waals surface area contributed by atoms with E-state index in [1.54, 1.807) is 23.9 Å². The monoisotopic (exact) mass is 373 g/mol. The van der Waals surface area contributed by atoms with Crippen molar-refractivity contribution in [1.82, 2.24) is 4.90 Å². The molecule has 0 saturated carbocycles. The molecule has 6 heteroatoms. The van der Waals surface area contributed by atoms with Gasteiger partial charge in [0.05, 0.1) is 4.91 Å². The largest absolute Gasteiger partial charge is 0.450 e. The van der Waals surface area contributed by atoms with Crippen LogP contribution >= 0.6 is 35.7 Å². The highest BCUT2D eigenvalue weighted by atomic mass is 32.2. The van der Waals surface area contributed by atoms with Gasteiger partial charge in [0.15, 0.2) is 5.09 Å². The standard InChI is InChI=1S/C18H15NO2S3/c1-3-10-19-17(20)15(24-18(19)22)11-13-6-9-16(21-13)23-14-7-4-12(2)5-8-14/h3-9,11H,1,10H2,2H3/b15-11+. The fourth-order valence-electron chi connectivity index (χ4n) is 2.10. The summed E-state index contributed by atoms with van der Waals surface area (Å²) in [5.74, 6) is 0.540. The van der Waals surface area contributed by atoms with Gasteiger partial charge >= 0.3 is 0 Å². The maximum absolute atomic E-state index is 12.3. The third-order valence-electron chi connectivity index (χ3n) is 3.30. The zero-order chi connectivity index (χ0) is 17.1. The van der Waals surface area contributed by atoms with Crippen molar-refractivity contribution in [3.05, 3.63) is 65.3 Å². The Labute approximate surface area is 154 Å². The van der Waals surface area contributed by atoms with Gasteiger partial charge in [-0.1, -0.05) is 59.5 Å². The summed E-state index contributed by atoms with van der Waals surface area (Å²) >= 11 is 8.06. The van der Waals surface area contributed by atoms with Crippen LogP contribution < -0.4 is 0 Å². The molecule has 3 nitrogen and oxygen atoms in total. The van der Waals surface area contributed by atoms with Crippen LogP contribution in [0, 0.1) is 6.92 Å². The summed E-state index contributed by atoms with van der Waals surface area (Å²) in [5, 5.41) is 0.784. The van der Waals surface area contributed by atoms with Crippen molar-refractivity contribution in [2.24, 2.45) is 0 Å². The van der Waals surface area contributed by atoms with Crippen LogP contribution in [0.15, 0.2) is 68.4 Å². The predicted octanol–water partition coefficient (Wildman–Crippen LogP) is 5.13. The summed E-state index contributed by atoms with van der Waals surface area (Å²) in [6.45, 7) is 6.13. The van der Waals surface area contributed by atoms with Crippen LogP contribution in [-0.2, 0) is 4.79 Å². The van der Waals surface area contributed by atoms with Crippen LogP contribution in [-0.4, -0.2) is 21.7 Å². The highest BCUT2D eigenvalue weighted by molar-refractivity contribution is 8.26. The molecule has 0 bridgehead atoms. The van der Waals surface area contributed by atoms with E-state index < -0.39 is 0 Å². The fraction of sp³-hybridized carbons (Fsp3) is 0.111. The first-order chi connectivity index (χ1) is 11.6. The van der Waals surface area contributed by atoms with Crippen LogP contribution in [0.25, 0.3) is 6.08 Å². The number of hydrogen-bond donors (Lipinski definition) is 0. The first-order valence-corrected chi connectivity index (χ1v) is 9.31. The topological polar surface area (TPSA) is 33.5 Å². The zero-order valence-corrected chi connectivity index (χ0v) is 15.5. The van der Waals surface area contributed by atoms with Crippen LogP contribution in [0.2, 0.25) is 0 Å². The molecule has 0 N–H and O–H groups in total. The van der Waals surface area contributed by atoms with Crippen molar-refractivity contribution in [1.29, 1.82) is 0 Å². The highest BCUT2D eigenvalue weighted by Crippen LogP contribution is 2.34. The van der Waals surface area contributed by atoms with Gasteiger partial charge in [-0.15, -0.1) is 6.58 Å². The molecule has 1 saturated heterocycles. The Balaban J connectivity index is 1.74. The average molecular weight is 374 g/mol. The molecule has 0 radical (unpaired) electrons. The number of benzene rings is 1. The zero-order valence-electron chi connectivity index (χ0n) is 13.0. The van der Waals surface area contributed by atoms with Crippen LogP contribution in [0.3, 0.4) is 0 Å². The summed E-state index contributed by atoms with van der Waals surface area (Å²) in [7, 11) is 0. The Bertz CT molecular complexity index is 821. The van der Waals surface area contributed by atoms with Crippen molar-refractivity contribution in [2.45, 2.75) is 16.9 Å². The minimum absolute atomic E-state index is 0.103. The molecule has 1 aliphatic rings. The van der Waals surface area contributed by atoms with Gasteiger partial charge in [0.1, 0.15) is 10.1 Å². The molecular formula is C18H15NO2S3. The van der Waals surface area contributed by atoms with E-state index in [9.17, 15) is 4.79 Å². The van der Waals surface area contributed by atoms with Gasteiger partial charge < -0.3 is 4.42 Å². The second-order valence-corrected chi connectivity index (χ2v) is 7.91. The van der Waals surface area contributed by atoms with Gasteiger partial charge in [-0.3, -0.25) is 9.69 Å². The highest BCUT2D eigenvalue weighted by Gasteiger charge is 2.31. The van der Waals surface area contributed by atoms with Gasteiger partial charge in [0, 0.05) is 17.5 Å². The van der Waals surface area contributed by atoms with Gasteiger partial charge in [-0.05, 0) is 31.2 Å². The van der Waals surface area contributed by atoms with Gasteiger partial charge in [0.2, 0.25) is 0 Å². The molecule has 1 aromatic carbocycles. The summed E-state index contributed by atoms with van der Waals surface area (Å²) in [6, 6.07) is 12.0. The van der Waals surface area contributed by atoms with Crippen molar-refractivity contribution in [3.63, 3.8) is 0 Å². The van der Waals surface area contributed by atoms with Gasteiger partial charge in [-0.2, -0.15) is 0 Å². The smallest absolute Gasteiger partial charge is 0.266 e. The molecule has 1 aliphatic heterocycles. The van der Waals surface area contributed by atoms with Crippen molar-refractivity contribution in [3.8, 4) is 0 Å². The number of amides is 1. The molecule has 3 rings (SSSR count). The maximum atomic E-state index is 12.3. The third kappa shape index (κ3) is 3.83. The van der Waals surface area contributed by atoms with E-state index in [0.29, 0.717) is 21.5 Å². The number of thiocarbonyl (C=S) groups is 1. The Morgan fingerprint density at radius 3 is 2.75 bits per heavy atom. The third-order valence-corrected chi connectivity index (χ3v) is 5.61. The first-order valence-electron chi connectivity index (χ1n) is 7.27. The van der Waals surface area contributed by atoms with E-state index in [2.05, 4.69) is 37.8 Å². The number of rotatable bonds is 5. The molecule has 0 unspecified atom stereocenters. The lowest BCUT2D eigenvalue weighted by atomic mass is 10.2. The Morgan fingerprint density at radius 1 is 1.29 bits per heavy atom. The lowest BCUT2D eigenvalue weighted by Crippen LogP contribution is -2.27. The van der Waals surface area contributed by atoms with Crippen molar-refractivity contribution < 1.29 is 9.21 Å². The molecule has 2 aromatic rings. The SMILES string of the molecule is C=CCN1C(=O)/C(=C\c2ccc(Sc3ccc(C)cc3)o2)SC1=S. The predicted molar refractivity (Wildman–Crippen MR) is 104 cm³/mol. The van der Waals surface area contributed by atoms with Crippen LogP contribution in [0.1, 0.15) is 11.3 Å². The van der Waals surface area contributed by atoms with Crippen molar-refractivity contribution >= 4 is 52.0 Å². The lowest BCUT2D eigenvalue weighted by molar-refractivity contribution is -0.121. The number of thioether (sulfide) groups is 1. The summed E-state index contributed by atoms with van der Waals surface area (Å²) in [4.78, 5) is 15.5. The minimum Gasteiger partial charge on any atom is -0.450 e. The average Bonchev–Trinajstić information content (AvgIpc) is 3.10. The number of furan rings is 1. The van der Waals surface area contributed by atoms with E-state index in [-0.39, 0.29) is 5.91 Å². The molecule has 24 heavy (non-hydrogen) atoms. The number of carbonyl (C=O) groups is 1. The minimum atomic E-state index is -0.103. The number of carbonyl (C=O) groups excluding carboxylic acids is 1. The van der Waals surface area contributed by atoms with E-state index in [4.69, 9.17) is 16.6 Å². The molecular weight excluding hydrogens is 358 g/mol. The second-order valence-electron chi connectivity index (χ2n) is 5.15. The Kier molecular flexibility index (Phi) is 5.28. The first kappa shape index (κ1) is 17.1. The Morgan fingerprint density at radius 2 is 2.04 bits per heavy atom. The molecule has 122 valence electrons. The second kappa shape index (κ2) is 7.42. The molecule has 1 fully saturated rings.